The highest BCUT2D eigenvalue weighted by Gasteiger charge is 2.18. The molecule has 3 aromatic rings. The van der Waals surface area contributed by atoms with Crippen molar-refractivity contribution >= 4 is 11.0 Å². The molecule has 21 heavy (non-hydrogen) atoms. The number of benzene rings is 1. The molecule has 0 aliphatic heterocycles. The smallest absolute Gasteiger partial charge is 0.293 e. The summed E-state index contributed by atoms with van der Waals surface area (Å²) in [7, 11) is 3.26. The summed E-state index contributed by atoms with van der Waals surface area (Å²) >= 11 is 0. The Morgan fingerprint density at radius 1 is 1.24 bits per heavy atom. The van der Waals surface area contributed by atoms with E-state index < -0.39 is 0 Å². The van der Waals surface area contributed by atoms with Crippen molar-refractivity contribution in [2.75, 3.05) is 20.8 Å². The number of aryl methyl sites for hydroxylation is 1. The number of ether oxygens (including phenoxy) is 2. The molecule has 0 spiro atoms. The van der Waals surface area contributed by atoms with Gasteiger partial charge in [0, 0.05) is 30.5 Å². The van der Waals surface area contributed by atoms with E-state index in [1.54, 1.807) is 14.2 Å². The van der Waals surface area contributed by atoms with Crippen molar-refractivity contribution in [2.45, 2.75) is 13.3 Å². The van der Waals surface area contributed by atoms with Crippen LogP contribution in [0.2, 0.25) is 0 Å². The number of fused-ring (bicyclic) bond motifs is 1. The van der Waals surface area contributed by atoms with Gasteiger partial charge in [0.2, 0.25) is 0 Å². The number of hydrogen-bond donors (Lipinski definition) is 0. The molecule has 0 atom stereocenters. The zero-order chi connectivity index (χ0) is 14.8. The molecule has 1 aromatic carbocycles. The Kier molecular flexibility index (Phi) is 3.62. The van der Waals surface area contributed by atoms with Crippen molar-refractivity contribution < 1.29 is 18.4 Å². The number of hydrogen-bond acceptors (Lipinski definition) is 6. The Balaban J connectivity index is 1.99. The molecule has 0 aliphatic rings. The second kappa shape index (κ2) is 5.57. The summed E-state index contributed by atoms with van der Waals surface area (Å²) in [6.45, 7) is 2.52. The fraction of sp³-hybridized carbons (Fsp3) is 0.333. The average Bonchev–Trinajstić information content (AvgIpc) is 3.09. The Morgan fingerprint density at radius 2 is 2.10 bits per heavy atom. The first-order chi connectivity index (χ1) is 10.2. The Bertz CT molecular complexity index is 760. The summed E-state index contributed by atoms with van der Waals surface area (Å²) in [4.78, 5) is 4.33. The first kappa shape index (κ1) is 13.6. The van der Waals surface area contributed by atoms with E-state index in [0.717, 1.165) is 22.3 Å². The molecule has 0 unspecified atom stereocenters. The van der Waals surface area contributed by atoms with Gasteiger partial charge in [-0.05, 0) is 19.1 Å². The maximum Gasteiger partial charge on any atom is 0.293 e. The van der Waals surface area contributed by atoms with Gasteiger partial charge in [-0.2, -0.15) is 4.98 Å². The highest BCUT2D eigenvalue weighted by molar-refractivity contribution is 5.87. The van der Waals surface area contributed by atoms with Crippen LogP contribution < -0.4 is 4.74 Å². The van der Waals surface area contributed by atoms with Crippen LogP contribution in [0, 0.1) is 6.92 Å². The van der Waals surface area contributed by atoms with Gasteiger partial charge in [-0.1, -0.05) is 5.16 Å². The van der Waals surface area contributed by atoms with Crippen molar-refractivity contribution in [3.8, 4) is 17.4 Å². The molecule has 0 N–H and O–H groups in total. The first-order valence-corrected chi connectivity index (χ1v) is 6.62. The van der Waals surface area contributed by atoms with Crippen molar-refractivity contribution in [1.29, 1.82) is 0 Å². The van der Waals surface area contributed by atoms with Crippen LogP contribution in [0.3, 0.4) is 0 Å². The molecule has 0 aliphatic carbocycles. The van der Waals surface area contributed by atoms with Crippen LogP contribution in [0.5, 0.6) is 5.75 Å². The number of aromatic nitrogens is 2. The predicted molar refractivity (Wildman–Crippen MR) is 76.4 cm³/mol. The molecule has 0 amide bonds. The molecular weight excluding hydrogens is 272 g/mol. The van der Waals surface area contributed by atoms with Gasteiger partial charge in [0.15, 0.2) is 11.6 Å². The molecule has 6 nitrogen and oxygen atoms in total. The Labute approximate surface area is 121 Å². The Morgan fingerprint density at radius 3 is 2.86 bits per heavy atom. The van der Waals surface area contributed by atoms with Crippen LogP contribution in [0.15, 0.2) is 27.1 Å². The van der Waals surface area contributed by atoms with Crippen LogP contribution >= 0.6 is 0 Å². The summed E-state index contributed by atoms with van der Waals surface area (Å²) in [6, 6.07) is 5.69. The molecule has 0 fully saturated rings. The van der Waals surface area contributed by atoms with E-state index in [0.29, 0.717) is 30.5 Å². The normalized spacial score (nSPS) is 11.2. The zero-order valence-electron chi connectivity index (χ0n) is 12.2. The van der Waals surface area contributed by atoms with Gasteiger partial charge >= 0.3 is 0 Å². The van der Waals surface area contributed by atoms with Gasteiger partial charge in [0.1, 0.15) is 11.3 Å². The molecule has 110 valence electrons. The van der Waals surface area contributed by atoms with Crippen molar-refractivity contribution in [3.05, 3.63) is 29.6 Å². The van der Waals surface area contributed by atoms with Gasteiger partial charge in [0.05, 0.1) is 13.7 Å². The third-order valence-electron chi connectivity index (χ3n) is 3.34. The molecule has 0 saturated carbocycles. The SMILES string of the molecule is COCCc1noc(-c2oc3cc(OC)ccc3c2C)n1. The number of rotatable bonds is 5. The van der Waals surface area contributed by atoms with Crippen LogP contribution in [0.1, 0.15) is 11.4 Å². The van der Waals surface area contributed by atoms with E-state index in [4.69, 9.17) is 18.4 Å². The molecular formula is C15H16N2O4. The minimum Gasteiger partial charge on any atom is -0.497 e. The fourth-order valence-electron chi connectivity index (χ4n) is 2.18. The third-order valence-corrected chi connectivity index (χ3v) is 3.34. The average molecular weight is 288 g/mol. The maximum absolute atomic E-state index is 5.84. The van der Waals surface area contributed by atoms with Crippen LogP contribution in [-0.4, -0.2) is 31.0 Å². The van der Waals surface area contributed by atoms with E-state index in [2.05, 4.69) is 10.1 Å². The van der Waals surface area contributed by atoms with Gasteiger partial charge in [0.25, 0.3) is 5.89 Å². The maximum atomic E-state index is 5.84. The zero-order valence-corrected chi connectivity index (χ0v) is 12.2. The minimum atomic E-state index is 0.383. The van der Waals surface area contributed by atoms with E-state index in [9.17, 15) is 0 Å². The van der Waals surface area contributed by atoms with Crippen molar-refractivity contribution in [3.63, 3.8) is 0 Å². The summed E-state index contributed by atoms with van der Waals surface area (Å²) in [6.07, 6.45) is 0.604. The third kappa shape index (κ3) is 2.50. The van der Waals surface area contributed by atoms with E-state index in [1.807, 2.05) is 25.1 Å². The van der Waals surface area contributed by atoms with Crippen LogP contribution in [0.4, 0.5) is 0 Å². The quantitative estimate of drug-likeness (QED) is 0.718. The summed E-state index contributed by atoms with van der Waals surface area (Å²) < 4.78 is 21.3. The molecule has 0 saturated heterocycles. The second-order valence-electron chi connectivity index (χ2n) is 4.68. The van der Waals surface area contributed by atoms with E-state index >= 15 is 0 Å². The minimum absolute atomic E-state index is 0.383. The highest BCUT2D eigenvalue weighted by atomic mass is 16.5. The lowest BCUT2D eigenvalue weighted by Crippen LogP contribution is -1.96. The molecule has 0 radical (unpaired) electrons. The van der Waals surface area contributed by atoms with E-state index in [1.165, 1.54) is 0 Å². The molecule has 6 heteroatoms. The topological polar surface area (TPSA) is 70.5 Å². The summed E-state index contributed by atoms with van der Waals surface area (Å²) in [5.41, 5.74) is 1.70. The van der Waals surface area contributed by atoms with Crippen molar-refractivity contribution in [1.82, 2.24) is 10.1 Å². The van der Waals surface area contributed by atoms with Gasteiger partial charge in [-0.25, -0.2) is 0 Å². The van der Waals surface area contributed by atoms with Crippen LogP contribution in [-0.2, 0) is 11.2 Å². The lowest BCUT2D eigenvalue weighted by molar-refractivity contribution is 0.199. The number of methoxy groups -OCH3 is 2. The summed E-state index contributed by atoms with van der Waals surface area (Å²) in [5.74, 6) is 2.32. The lowest BCUT2D eigenvalue weighted by atomic mass is 10.1. The molecule has 0 bridgehead atoms. The number of furan rings is 1. The van der Waals surface area contributed by atoms with Gasteiger partial charge in [-0.3, -0.25) is 0 Å². The largest absolute Gasteiger partial charge is 0.497 e. The monoisotopic (exact) mass is 288 g/mol. The van der Waals surface area contributed by atoms with Gasteiger partial charge < -0.3 is 18.4 Å². The first-order valence-electron chi connectivity index (χ1n) is 6.62. The van der Waals surface area contributed by atoms with Crippen molar-refractivity contribution in [2.24, 2.45) is 0 Å². The standard InChI is InChI=1S/C15H16N2O4/c1-9-11-5-4-10(19-3)8-12(11)20-14(9)15-16-13(17-21-15)6-7-18-2/h4-5,8H,6-7H2,1-3H3. The predicted octanol–water partition coefficient (Wildman–Crippen LogP) is 2.99. The second-order valence-corrected chi connectivity index (χ2v) is 4.68. The fourth-order valence-corrected chi connectivity index (χ4v) is 2.18. The number of nitrogens with zero attached hydrogens (tertiary/aromatic N) is 2. The Hall–Kier alpha value is -2.34. The highest BCUT2D eigenvalue weighted by Crippen LogP contribution is 2.33. The summed E-state index contributed by atoms with van der Waals surface area (Å²) in [5, 5.41) is 4.93. The van der Waals surface area contributed by atoms with Crippen LogP contribution in [0.25, 0.3) is 22.6 Å². The molecule has 2 heterocycles. The van der Waals surface area contributed by atoms with E-state index in [-0.39, 0.29) is 0 Å². The van der Waals surface area contributed by atoms with Gasteiger partial charge in [-0.15, -0.1) is 0 Å². The lowest BCUT2D eigenvalue weighted by Gasteiger charge is -1.97. The molecule has 3 rings (SSSR count). The molecule has 2 aromatic heterocycles.